The van der Waals surface area contributed by atoms with Crippen LogP contribution in [0.1, 0.15) is 41.4 Å². The van der Waals surface area contributed by atoms with E-state index in [1.807, 2.05) is 6.07 Å². The highest BCUT2D eigenvalue weighted by Gasteiger charge is 2.23. The summed E-state index contributed by atoms with van der Waals surface area (Å²) in [6, 6.07) is 14.0. The SMILES string of the molecule is COc1ccnc(C(=O)NC[C@H](c2ccccc2)N2CCCCC2)c1. The van der Waals surface area contributed by atoms with Crippen molar-refractivity contribution in [1.82, 2.24) is 15.2 Å². The molecule has 1 saturated heterocycles. The lowest BCUT2D eigenvalue weighted by Gasteiger charge is -2.35. The van der Waals surface area contributed by atoms with Crippen molar-refractivity contribution in [2.75, 3.05) is 26.7 Å². The number of hydrogen-bond donors (Lipinski definition) is 1. The van der Waals surface area contributed by atoms with E-state index < -0.39 is 0 Å². The number of benzene rings is 1. The summed E-state index contributed by atoms with van der Waals surface area (Å²) in [5.74, 6) is 0.465. The molecule has 25 heavy (non-hydrogen) atoms. The van der Waals surface area contributed by atoms with Crippen LogP contribution in [0.4, 0.5) is 0 Å². The first-order chi connectivity index (χ1) is 12.3. The smallest absolute Gasteiger partial charge is 0.270 e. The standard InChI is InChI=1S/C20H25N3O2/c1-25-17-10-11-21-18(14-17)20(24)22-15-19(16-8-4-2-5-9-16)23-12-6-3-7-13-23/h2,4-5,8-11,14,19H,3,6-7,12-13,15H2,1H3,(H,22,24)/t19-/m1/s1. The van der Waals surface area contributed by atoms with Crippen LogP contribution in [-0.4, -0.2) is 42.5 Å². The minimum absolute atomic E-state index is 0.170. The number of carbonyl (C=O) groups excluding carboxylic acids is 1. The van der Waals surface area contributed by atoms with E-state index in [2.05, 4.69) is 39.5 Å². The molecule has 0 spiro atoms. The van der Waals surface area contributed by atoms with Crippen molar-refractivity contribution < 1.29 is 9.53 Å². The number of rotatable bonds is 6. The minimum atomic E-state index is -0.170. The molecule has 2 aromatic rings. The van der Waals surface area contributed by atoms with Crippen LogP contribution in [0, 0.1) is 0 Å². The van der Waals surface area contributed by atoms with Crippen molar-refractivity contribution in [3.63, 3.8) is 0 Å². The fourth-order valence-corrected chi connectivity index (χ4v) is 3.31. The third-order valence-electron chi connectivity index (χ3n) is 4.67. The van der Waals surface area contributed by atoms with Gasteiger partial charge in [-0.3, -0.25) is 14.7 Å². The Hall–Kier alpha value is -2.40. The molecule has 5 heteroatoms. The van der Waals surface area contributed by atoms with Crippen LogP contribution in [-0.2, 0) is 0 Å². The molecule has 0 saturated carbocycles. The summed E-state index contributed by atoms with van der Waals surface area (Å²) in [4.78, 5) is 19.1. The lowest BCUT2D eigenvalue weighted by atomic mass is 10.0. The van der Waals surface area contributed by atoms with Crippen LogP contribution >= 0.6 is 0 Å². The molecule has 1 fully saturated rings. The van der Waals surface area contributed by atoms with Gasteiger partial charge in [0.2, 0.25) is 0 Å². The van der Waals surface area contributed by atoms with Crippen molar-refractivity contribution in [2.45, 2.75) is 25.3 Å². The zero-order chi connectivity index (χ0) is 17.5. The average Bonchev–Trinajstić information content (AvgIpc) is 2.69. The van der Waals surface area contributed by atoms with Crippen molar-refractivity contribution >= 4 is 5.91 Å². The first-order valence-corrected chi connectivity index (χ1v) is 8.85. The van der Waals surface area contributed by atoms with Crippen LogP contribution in [0.25, 0.3) is 0 Å². The minimum Gasteiger partial charge on any atom is -0.497 e. The Kier molecular flexibility index (Phi) is 6.01. The van der Waals surface area contributed by atoms with E-state index in [-0.39, 0.29) is 11.9 Å². The zero-order valence-electron chi connectivity index (χ0n) is 14.6. The van der Waals surface area contributed by atoms with Gasteiger partial charge in [-0.1, -0.05) is 36.8 Å². The van der Waals surface area contributed by atoms with E-state index in [0.717, 1.165) is 13.1 Å². The predicted molar refractivity (Wildman–Crippen MR) is 97.7 cm³/mol. The number of nitrogens with one attached hydrogen (secondary N) is 1. The Morgan fingerprint density at radius 3 is 2.68 bits per heavy atom. The molecule has 1 aliphatic heterocycles. The molecule has 1 aliphatic rings. The summed E-state index contributed by atoms with van der Waals surface area (Å²) in [6.45, 7) is 2.72. The van der Waals surface area contributed by atoms with Crippen LogP contribution in [0.2, 0.25) is 0 Å². The number of pyridine rings is 1. The van der Waals surface area contributed by atoms with Gasteiger partial charge in [0, 0.05) is 18.8 Å². The molecule has 1 amide bonds. The highest BCUT2D eigenvalue weighted by Crippen LogP contribution is 2.24. The zero-order valence-corrected chi connectivity index (χ0v) is 14.6. The molecular weight excluding hydrogens is 314 g/mol. The Morgan fingerprint density at radius 2 is 1.96 bits per heavy atom. The van der Waals surface area contributed by atoms with E-state index >= 15 is 0 Å². The van der Waals surface area contributed by atoms with E-state index in [4.69, 9.17) is 4.74 Å². The first-order valence-electron chi connectivity index (χ1n) is 8.85. The van der Waals surface area contributed by atoms with Gasteiger partial charge >= 0.3 is 0 Å². The molecule has 0 aliphatic carbocycles. The number of aromatic nitrogens is 1. The van der Waals surface area contributed by atoms with Crippen molar-refractivity contribution in [3.05, 3.63) is 59.9 Å². The number of carbonyl (C=O) groups is 1. The van der Waals surface area contributed by atoms with Gasteiger partial charge in [-0.25, -0.2) is 0 Å². The fourth-order valence-electron chi connectivity index (χ4n) is 3.31. The van der Waals surface area contributed by atoms with E-state index in [1.165, 1.54) is 24.8 Å². The number of hydrogen-bond acceptors (Lipinski definition) is 4. The Bertz CT molecular complexity index is 684. The lowest BCUT2D eigenvalue weighted by Crippen LogP contribution is -2.40. The number of piperidine rings is 1. The van der Waals surface area contributed by atoms with E-state index in [1.54, 1.807) is 25.4 Å². The van der Waals surface area contributed by atoms with E-state index in [9.17, 15) is 4.79 Å². The predicted octanol–water partition coefficient (Wildman–Crippen LogP) is 3.05. The monoisotopic (exact) mass is 339 g/mol. The highest BCUT2D eigenvalue weighted by molar-refractivity contribution is 5.92. The Morgan fingerprint density at radius 1 is 1.20 bits per heavy atom. The highest BCUT2D eigenvalue weighted by atomic mass is 16.5. The number of methoxy groups -OCH3 is 1. The van der Waals surface area contributed by atoms with E-state index in [0.29, 0.717) is 18.0 Å². The van der Waals surface area contributed by atoms with Crippen LogP contribution in [0.5, 0.6) is 5.75 Å². The number of nitrogens with zero attached hydrogens (tertiary/aromatic N) is 2. The summed E-state index contributed by atoms with van der Waals surface area (Å²) >= 11 is 0. The second-order valence-electron chi connectivity index (χ2n) is 6.31. The third-order valence-corrected chi connectivity index (χ3v) is 4.67. The molecule has 1 atom stereocenters. The normalized spacial score (nSPS) is 16.2. The molecule has 2 heterocycles. The molecular formula is C20H25N3O2. The number of amides is 1. The lowest BCUT2D eigenvalue weighted by molar-refractivity contribution is 0.0919. The summed E-state index contributed by atoms with van der Waals surface area (Å²) in [6.07, 6.45) is 5.31. The second kappa shape index (κ2) is 8.62. The third kappa shape index (κ3) is 4.57. The van der Waals surface area contributed by atoms with Gasteiger partial charge in [-0.2, -0.15) is 0 Å². The summed E-state index contributed by atoms with van der Waals surface area (Å²) in [7, 11) is 1.58. The van der Waals surface area contributed by atoms with Crippen LogP contribution < -0.4 is 10.1 Å². The maximum Gasteiger partial charge on any atom is 0.270 e. The molecule has 1 N–H and O–H groups in total. The average molecular weight is 339 g/mol. The summed E-state index contributed by atoms with van der Waals surface area (Å²) in [5.41, 5.74) is 1.62. The van der Waals surface area contributed by atoms with Crippen molar-refractivity contribution in [1.29, 1.82) is 0 Å². The fraction of sp³-hybridized carbons (Fsp3) is 0.400. The molecule has 5 nitrogen and oxygen atoms in total. The quantitative estimate of drug-likeness (QED) is 0.879. The van der Waals surface area contributed by atoms with Gasteiger partial charge in [0.1, 0.15) is 11.4 Å². The molecule has 132 valence electrons. The maximum atomic E-state index is 12.5. The molecule has 3 rings (SSSR count). The van der Waals surface area contributed by atoms with Gasteiger partial charge in [-0.05, 0) is 37.6 Å². The molecule has 0 radical (unpaired) electrons. The van der Waals surface area contributed by atoms with Gasteiger partial charge in [-0.15, -0.1) is 0 Å². The second-order valence-corrected chi connectivity index (χ2v) is 6.31. The van der Waals surface area contributed by atoms with Crippen LogP contribution in [0.3, 0.4) is 0 Å². The largest absolute Gasteiger partial charge is 0.497 e. The number of likely N-dealkylation sites (tertiary alicyclic amines) is 1. The molecule has 0 bridgehead atoms. The Balaban J connectivity index is 1.70. The van der Waals surface area contributed by atoms with Crippen molar-refractivity contribution in [2.24, 2.45) is 0 Å². The topological polar surface area (TPSA) is 54.5 Å². The van der Waals surface area contributed by atoms with Crippen molar-refractivity contribution in [3.8, 4) is 5.75 Å². The van der Waals surface area contributed by atoms with Crippen LogP contribution in [0.15, 0.2) is 48.7 Å². The van der Waals surface area contributed by atoms with Gasteiger partial charge < -0.3 is 10.1 Å². The maximum absolute atomic E-state index is 12.5. The van der Waals surface area contributed by atoms with Gasteiger partial charge in [0.25, 0.3) is 5.91 Å². The first kappa shape index (κ1) is 17.4. The number of ether oxygens (including phenoxy) is 1. The summed E-state index contributed by atoms with van der Waals surface area (Å²) in [5, 5.41) is 3.05. The molecule has 0 unspecified atom stereocenters. The van der Waals surface area contributed by atoms with Gasteiger partial charge in [0.05, 0.1) is 13.2 Å². The Labute approximate surface area is 149 Å². The molecule has 1 aromatic heterocycles. The summed E-state index contributed by atoms with van der Waals surface area (Å²) < 4.78 is 5.17. The van der Waals surface area contributed by atoms with Gasteiger partial charge in [0.15, 0.2) is 0 Å². The molecule has 1 aromatic carbocycles.